The molecule has 0 spiro atoms. The summed E-state index contributed by atoms with van der Waals surface area (Å²) in [6.07, 6.45) is 0. The highest BCUT2D eigenvalue weighted by Gasteiger charge is 2.18. The van der Waals surface area contributed by atoms with Gasteiger partial charge in [0.2, 0.25) is 0 Å². The normalized spacial score (nSPS) is 11.1. The molecular weight excluding hydrogens is 288 g/mol. The summed E-state index contributed by atoms with van der Waals surface area (Å²) < 4.78 is 27.3. The topological polar surface area (TPSA) is 89.3 Å². The Morgan fingerprint density at radius 3 is 2.48 bits per heavy atom. The lowest BCUT2D eigenvalue weighted by molar-refractivity contribution is 0.101. The first-order chi connectivity index (χ1) is 9.81. The molecule has 21 heavy (non-hydrogen) atoms. The number of hydrogen-bond acceptors (Lipinski definition) is 4. The molecule has 0 amide bonds. The molecule has 0 saturated carbocycles. The number of benzene rings is 2. The van der Waals surface area contributed by atoms with Crippen LogP contribution in [0.5, 0.6) is 0 Å². The van der Waals surface area contributed by atoms with Gasteiger partial charge in [-0.1, -0.05) is 18.2 Å². The van der Waals surface area contributed by atoms with Crippen molar-refractivity contribution in [3.63, 3.8) is 0 Å². The van der Waals surface area contributed by atoms with E-state index in [-0.39, 0.29) is 10.7 Å². The standard InChI is InChI=1S/C15H16N2O3S/c1-10-14(16)7-4-8-15(10)21(19,20)17-13-6-3-5-12(9-13)11(2)18/h3-9,17H,16H2,1-2H3. The van der Waals surface area contributed by atoms with Crippen molar-refractivity contribution in [2.24, 2.45) is 0 Å². The number of ketones is 1. The molecule has 2 aromatic rings. The Morgan fingerprint density at radius 1 is 1.14 bits per heavy atom. The highest BCUT2D eigenvalue weighted by Crippen LogP contribution is 2.23. The van der Waals surface area contributed by atoms with E-state index in [2.05, 4.69) is 4.72 Å². The van der Waals surface area contributed by atoms with Gasteiger partial charge in [0.1, 0.15) is 0 Å². The van der Waals surface area contributed by atoms with E-state index >= 15 is 0 Å². The highest BCUT2D eigenvalue weighted by atomic mass is 32.2. The Balaban J connectivity index is 2.40. The monoisotopic (exact) mass is 304 g/mol. The van der Waals surface area contributed by atoms with E-state index in [0.29, 0.717) is 22.5 Å². The zero-order valence-corrected chi connectivity index (χ0v) is 12.6. The van der Waals surface area contributed by atoms with Crippen LogP contribution in [0.25, 0.3) is 0 Å². The van der Waals surface area contributed by atoms with Gasteiger partial charge in [-0.05, 0) is 43.7 Å². The van der Waals surface area contributed by atoms with Crippen LogP contribution in [0.2, 0.25) is 0 Å². The van der Waals surface area contributed by atoms with Gasteiger partial charge in [0.05, 0.1) is 4.90 Å². The lowest BCUT2D eigenvalue weighted by Gasteiger charge is -2.12. The molecule has 6 heteroatoms. The molecule has 0 saturated heterocycles. The molecule has 0 aliphatic rings. The number of hydrogen-bond donors (Lipinski definition) is 2. The molecule has 0 aromatic heterocycles. The Bertz CT molecular complexity index is 798. The molecule has 5 nitrogen and oxygen atoms in total. The molecule has 0 aliphatic heterocycles. The van der Waals surface area contributed by atoms with Crippen molar-refractivity contribution in [2.45, 2.75) is 18.7 Å². The van der Waals surface area contributed by atoms with Crippen LogP contribution in [-0.2, 0) is 10.0 Å². The maximum Gasteiger partial charge on any atom is 0.262 e. The van der Waals surface area contributed by atoms with Gasteiger partial charge < -0.3 is 5.73 Å². The van der Waals surface area contributed by atoms with E-state index in [4.69, 9.17) is 5.73 Å². The van der Waals surface area contributed by atoms with E-state index in [0.717, 1.165) is 0 Å². The average Bonchev–Trinajstić information content (AvgIpc) is 2.41. The van der Waals surface area contributed by atoms with Gasteiger partial charge in [-0.15, -0.1) is 0 Å². The van der Waals surface area contributed by atoms with E-state index in [9.17, 15) is 13.2 Å². The van der Waals surface area contributed by atoms with E-state index in [1.54, 1.807) is 37.3 Å². The molecule has 0 heterocycles. The summed E-state index contributed by atoms with van der Waals surface area (Å²) in [6.45, 7) is 3.07. The third-order valence-corrected chi connectivity index (χ3v) is 4.66. The first-order valence-corrected chi connectivity index (χ1v) is 7.78. The summed E-state index contributed by atoms with van der Waals surface area (Å²) in [6, 6.07) is 11.1. The molecule has 110 valence electrons. The number of nitrogens with one attached hydrogen (secondary N) is 1. The third kappa shape index (κ3) is 3.22. The fourth-order valence-electron chi connectivity index (χ4n) is 1.93. The lowest BCUT2D eigenvalue weighted by atomic mass is 10.1. The predicted molar refractivity (Wildman–Crippen MR) is 82.8 cm³/mol. The molecule has 0 aliphatic carbocycles. The third-order valence-electron chi connectivity index (χ3n) is 3.14. The maximum absolute atomic E-state index is 12.4. The zero-order valence-electron chi connectivity index (χ0n) is 11.8. The van der Waals surface area contributed by atoms with Gasteiger partial charge in [0.15, 0.2) is 5.78 Å². The molecule has 0 atom stereocenters. The number of anilines is 2. The molecular formula is C15H16N2O3S. The average molecular weight is 304 g/mol. The minimum atomic E-state index is -3.75. The van der Waals surface area contributed by atoms with Gasteiger partial charge in [-0.2, -0.15) is 0 Å². The van der Waals surface area contributed by atoms with Crippen LogP contribution >= 0.6 is 0 Å². The van der Waals surface area contributed by atoms with Crippen molar-refractivity contribution < 1.29 is 13.2 Å². The van der Waals surface area contributed by atoms with Gasteiger partial charge >= 0.3 is 0 Å². The zero-order chi connectivity index (χ0) is 15.6. The van der Waals surface area contributed by atoms with Gasteiger partial charge in [-0.3, -0.25) is 9.52 Å². The molecule has 0 fully saturated rings. The number of rotatable bonds is 4. The highest BCUT2D eigenvalue weighted by molar-refractivity contribution is 7.92. The van der Waals surface area contributed by atoms with Crippen LogP contribution in [0.15, 0.2) is 47.4 Å². The number of Topliss-reactive ketones (excluding diaryl/α,β-unsaturated/α-hetero) is 1. The summed E-state index contributed by atoms with van der Waals surface area (Å²) >= 11 is 0. The minimum absolute atomic E-state index is 0.121. The largest absolute Gasteiger partial charge is 0.398 e. The molecule has 0 bridgehead atoms. The van der Waals surface area contributed by atoms with Crippen LogP contribution < -0.4 is 10.5 Å². The Morgan fingerprint density at radius 2 is 1.81 bits per heavy atom. The molecule has 0 unspecified atom stereocenters. The number of carbonyl (C=O) groups excluding carboxylic acids is 1. The van der Waals surface area contributed by atoms with Crippen molar-refractivity contribution >= 4 is 27.2 Å². The second-order valence-corrected chi connectivity index (χ2v) is 6.36. The minimum Gasteiger partial charge on any atom is -0.398 e. The number of nitrogen functional groups attached to an aromatic ring is 1. The second-order valence-electron chi connectivity index (χ2n) is 4.71. The predicted octanol–water partition coefficient (Wildman–Crippen LogP) is 2.58. The summed E-state index contributed by atoms with van der Waals surface area (Å²) in [7, 11) is -3.75. The first kappa shape index (κ1) is 15.1. The maximum atomic E-state index is 12.4. The van der Waals surface area contributed by atoms with Crippen molar-refractivity contribution in [2.75, 3.05) is 10.5 Å². The summed E-state index contributed by atoms with van der Waals surface area (Å²) in [5, 5.41) is 0. The van der Waals surface area contributed by atoms with E-state index in [1.807, 2.05) is 0 Å². The van der Waals surface area contributed by atoms with Crippen molar-refractivity contribution in [1.82, 2.24) is 0 Å². The molecule has 0 radical (unpaired) electrons. The molecule has 2 aromatic carbocycles. The van der Waals surface area contributed by atoms with Gasteiger partial charge in [-0.25, -0.2) is 8.42 Å². The lowest BCUT2D eigenvalue weighted by Crippen LogP contribution is -2.15. The fourth-order valence-corrected chi connectivity index (χ4v) is 3.26. The van der Waals surface area contributed by atoms with Crippen molar-refractivity contribution in [1.29, 1.82) is 0 Å². The van der Waals surface area contributed by atoms with Crippen LogP contribution in [0, 0.1) is 6.92 Å². The van der Waals surface area contributed by atoms with Crippen LogP contribution in [0.1, 0.15) is 22.8 Å². The van der Waals surface area contributed by atoms with E-state index < -0.39 is 10.0 Å². The Hall–Kier alpha value is -2.34. The quantitative estimate of drug-likeness (QED) is 0.671. The second kappa shape index (κ2) is 5.57. The fraction of sp³-hybridized carbons (Fsp3) is 0.133. The number of nitrogens with two attached hydrogens (primary N) is 1. The molecule has 3 N–H and O–H groups in total. The van der Waals surface area contributed by atoms with Crippen LogP contribution in [0.3, 0.4) is 0 Å². The van der Waals surface area contributed by atoms with Crippen LogP contribution in [0.4, 0.5) is 11.4 Å². The van der Waals surface area contributed by atoms with Crippen LogP contribution in [-0.4, -0.2) is 14.2 Å². The Labute approximate surface area is 123 Å². The summed E-state index contributed by atoms with van der Waals surface area (Å²) in [5.74, 6) is -0.129. The van der Waals surface area contributed by atoms with Gasteiger partial charge in [0, 0.05) is 16.9 Å². The molecule has 2 rings (SSSR count). The Kier molecular flexibility index (Phi) is 3.99. The van der Waals surface area contributed by atoms with Crippen molar-refractivity contribution in [3.8, 4) is 0 Å². The summed E-state index contributed by atoms with van der Waals surface area (Å²) in [4.78, 5) is 11.5. The smallest absolute Gasteiger partial charge is 0.262 e. The van der Waals surface area contributed by atoms with E-state index in [1.165, 1.54) is 19.1 Å². The van der Waals surface area contributed by atoms with Crippen molar-refractivity contribution in [3.05, 3.63) is 53.6 Å². The first-order valence-electron chi connectivity index (χ1n) is 6.30. The number of sulfonamides is 1. The van der Waals surface area contributed by atoms with Gasteiger partial charge in [0.25, 0.3) is 10.0 Å². The number of carbonyl (C=O) groups is 1. The summed E-state index contributed by atoms with van der Waals surface area (Å²) in [5.41, 5.74) is 7.42. The SMILES string of the molecule is CC(=O)c1cccc(NS(=O)(=O)c2cccc(N)c2C)c1.